The van der Waals surface area contributed by atoms with Gasteiger partial charge in [-0.05, 0) is 49.9 Å². The lowest BCUT2D eigenvalue weighted by Gasteiger charge is -2.25. The summed E-state index contributed by atoms with van der Waals surface area (Å²) in [6.07, 6.45) is 3.21. The van der Waals surface area contributed by atoms with Gasteiger partial charge in [-0.2, -0.15) is 0 Å². The summed E-state index contributed by atoms with van der Waals surface area (Å²) in [5.41, 5.74) is 0.800. The second-order valence-corrected chi connectivity index (χ2v) is 5.83. The summed E-state index contributed by atoms with van der Waals surface area (Å²) in [5, 5.41) is 10.6. The first-order valence-electron chi connectivity index (χ1n) is 7.80. The van der Waals surface area contributed by atoms with E-state index in [1.165, 1.54) is 12.8 Å². The molecule has 1 atom stereocenters. The molecule has 0 aliphatic heterocycles. The van der Waals surface area contributed by atoms with Gasteiger partial charge in [0.1, 0.15) is 11.5 Å². The molecule has 1 aliphatic rings. The van der Waals surface area contributed by atoms with Gasteiger partial charge in [0.05, 0.1) is 20.3 Å². The number of aliphatic hydroxyl groups is 1. The van der Waals surface area contributed by atoms with Crippen LogP contribution >= 0.6 is 0 Å². The molecule has 118 valence electrons. The third-order valence-electron chi connectivity index (χ3n) is 3.98. The topological polar surface area (TPSA) is 41.9 Å². The van der Waals surface area contributed by atoms with E-state index < -0.39 is 6.10 Å². The van der Waals surface area contributed by atoms with Crippen molar-refractivity contribution < 1.29 is 14.6 Å². The van der Waals surface area contributed by atoms with Crippen LogP contribution in [0.4, 0.5) is 0 Å². The third-order valence-corrected chi connectivity index (χ3v) is 3.98. The van der Waals surface area contributed by atoms with E-state index in [0.717, 1.165) is 36.7 Å². The molecule has 0 heterocycles. The van der Waals surface area contributed by atoms with Gasteiger partial charge in [0.25, 0.3) is 0 Å². The number of hydrogen-bond acceptors (Lipinski definition) is 4. The van der Waals surface area contributed by atoms with Crippen molar-refractivity contribution in [1.82, 2.24) is 4.90 Å². The Morgan fingerprint density at radius 2 is 2.05 bits per heavy atom. The normalized spacial score (nSPS) is 16.0. The highest BCUT2D eigenvalue weighted by Crippen LogP contribution is 2.32. The second-order valence-electron chi connectivity index (χ2n) is 5.83. The maximum atomic E-state index is 10.6. The van der Waals surface area contributed by atoms with Crippen LogP contribution in [0.2, 0.25) is 0 Å². The maximum Gasteiger partial charge on any atom is 0.124 e. The molecule has 4 nitrogen and oxygen atoms in total. The molecule has 1 aliphatic carbocycles. The monoisotopic (exact) mass is 293 g/mol. The zero-order valence-electron chi connectivity index (χ0n) is 13.3. The highest BCUT2D eigenvalue weighted by Gasteiger charge is 2.26. The smallest absolute Gasteiger partial charge is 0.124 e. The number of aliphatic hydroxyl groups excluding tert-OH is 1. The van der Waals surface area contributed by atoms with E-state index in [0.29, 0.717) is 12.3 Å². The van der Waals surface area contributed by atoms with Crippen molar-refractivity contribution in [2.45, 2.75) is 32.3 Å². The average Bonchev–Trinajstić information content (AvgIpc) is 3.30. The molecule has 0 saturated heterocycles. The Labute approximate surface area is 127 Å². The van der Waals surface area contributed by atoms with Crippen LogP contribution in [-0.2, 0) is 0 Å². The summed E-state index contributed by atoms with van der Waals surface area (Å²) in [4.78, 5) is 2.36. The fourth-order valence-corrected chi connectivity index (χ4v) is 2.68. The van der Waals surface area contributed by atoms with Crippen LogP contribution in [0.3, 0.4) is 0 Å². The lowest BCUT2D eigenvalue weighted by atomic mass is 10.1. The van der Waals surface area contributed by atoms with Crippen molar-refractivity contribution in [3.8, 4) is 11.5 Å². The Hall–Kier alpha value is -1.26. The SMILES string of the molecule is CCCN(CC1CC1)CC(O)c1cc(OC)ccc1OC. The van der Waals surface area contributed by atoms with Gasteiger partial charge < -0.3 is 19.5 Å². The van der Waals surface area contributed by atoms with Gasteiger partial charge in [0, 0.05) is 18.7 Å². The number of hydrogen-bond donors (Lipinski definition) is 1. The summed E-state index contributed by atoms with van der Waals surface area (Å²) in [6, 6.07) is 5.57. The van der Waals surface area contributed by atoms with Gasteiger partial charge in [-0.15, -0.1) is 0 Å². The minimum Gasteiger partial charge on any atom is -0.497 e. The van der Waals surface area contributed by atoms with Crippen LogP contribution in [0.25, 0.3) is 0 Å². The molecule has 0 spiro atoms. The fraction of sp³-hybridized carbons (Fsp3) is 0.647. The fourth-order valence-electron chi connectivity index (χ4n) is 2.68. The summed E-state index contributed by atoms with van der Waals surface area (Å²) in [7, 11) is 3.26. The molecule has 21 heavy (non-hydrogen) atoms. The van der Waals surface area contributed by atoms with Crippen molar-refractivity contribution in [3.05, 3.63) is 23.8 Å². The van der Waals surface area contributed by atoms with E-state index >= 15 is 0 Å². The van der Waals surface area contributed by atoms with E-state index in [9.17, 15) is 5.11 Å². The molecule has 1 aromatic rings. The van der Waals surface area contributed by atoms with Crippen LogP contribution < -0.4 is 9.47 Å². The van der Waals surface area contributed by atoms with Crippen LogP contribution in [-0.4, -0.2) is 43.9 Å². The summed E-state index contributed by atoms with van der Waals surface area (Å²) >= 11 is 0. The van der Waals surface area contributed by atoms with Crippen molar-refractivity contribution in [2.75, 3.05) is 33.9 Å². The zero-order chi connectivity index (χ0) is 15.2. The molecule has 1 saturated carbocycles. The molecule has 1 fully saturated rings. The van der Waals surface area contributed by atoms with E-state index in [4.69, 9.17) is 9.47 Å². The minimum atomic E-state index is -0.555. The number of methoxy groups -OCH3 is 2. The summed E-state index contributed by atoms with van der Waals surface area (Å²) in [5.74, 6) is 2.29. The van der Waals surface area contributed by atoms with Gasteiger partial charge >= 0.3 is 0 Å². The molecule has 0 amide bonds. The summed E-state index contributed by atoms with van der Waals surface area (Å²) < 4.78 is 10.6. The Bertz CT molecular complexity index is 446. The zero-order valence-corrected chi connectivity index (χ0v) is 13.3. The Morgan fingerprint density at radius 1 is 1.29 bits per heavy atom. The molecule has 1 unspecified atom stereocenters. The second kappa shape index (κ2) is 7.66. The maximum absolute atomic E-state index is 10.6. The van der Waals surface area contributed by atoms with E-state index in [1.54, 1.807) is 14.2 Å². The van der Waals surface area contributed by atoms with Gasteiger partial charge in [0.15, 0.2) is 0 Å². The Kier molecular flexibility index (Phi) is 5.88. The molecule has 1 aromatic carbocycles. The molecule has 0 radical (unpaired) electrons. The van der Waals surface area contributed by atoms with Crippen molar-refractivity contribution >= 4 is 0 Å². The van der Waals surface area contributed by atoms with Crippen LogP contribution in [0.5, 0.6) is 11.5 Å². The quantitative estimate of drug-likeness (QED) is 0.760. The standard InChI is InChI=1S/C17H27NO3/c1-4-9-18(11-13-5-6-13)12-16(19)15-10-14(20-2)7-8-17(15)21-3/h7-8,10,13,16,19H,4-6,9,11-12H2,1-3H3. The Balaban J connectivity index is 2.07. The lowest BCUT2D eigenvalue weighted by Crippen LogP contribution is -2.31. The highest BCUT2D eigenvalue weighted by atomic mass is 16.5. The molecule has 0 aromatic heterocycles. The first-order valence-corrected chi connectivity index (χ1v) is 7.80. The predicted octanol–water partition coefficient (Wildman–Crippen LogP) is 2.86. The van der Waals surface area contributed by atoms with Gasteiger partial charge in [-0.1, -0.05) is 6.92 Å². The van der Waals surface area contributed by atoms with Crippen molar-refractivity contribution in [3.63, 3.8) is 0 Å². The lowest BCUT2D eigenvalue weighted by molar-refractivity contribution is 0.107. The van der Waals surface area contributed by atoms with Gasteiger partial charge in [0.2, 0.25) is 0 Å². The molecular weight excluding hydrogens is 266 g/mol. The number of ether oxygens (including phenoxy) is 2. The van der Waals surface area contributed by atoms with E-state index in [2.05, 4.69) is 11.8 Å². The number of benzene rings is 1. The first-order chi connectivity index (χ1) is 10.2. The molecule has 4 heteroatoms. The molecule has 0 bridgehead atoms. The van der Waals surface area contributed by atoms with Crippen LogP contribution in [0.1, 0.15) is 37.9 Å². The van der Waals surface area contributed by atoms with Gasteiger partial charge in [-0.25, -0.2) is 0 Å². The van der Waals surface area contributed by atoms with Crippen LogP contribution in [0, 0.1) is 5.92 Å². The highest BCUT2D eigenvalue weighted by molar-refractivity contribution is 5.41. The third kappa shape index (κ3) is 4.61. The first kappa shape index (κ1) is 16.1. The van der Waals surface area contributed by atoms with E-state index in [-0.39, 0.29) is 0 Å². The Morgan fingerprint density at radius 3 is 2.62 bits per heavy atom. The van der Waals surface area contributed by atoms with E-state index in [1.807, 2.05) is 18.2 Å². The van der Waals surface area contributed by atoms with Crippen LogP contribution in [0.15, 0.2) is 18.2 Å². The van der Waals surface area contributed by atoms with Crippen molar-refractivity contribution in [2.24, 2.45) is 5.92 Å². The van der Waals surface area contributed by atoms with Gasteiger partial charge in [-0.3, -0.25) is 0 Å². The van der Waals surface area contributed by atoms with Crippen molar-refractivity contribution in [1.29, 1.82) is 0 Å². The molecule has 1 N–H and O–H groups in total. The molecular formula is C17H27NO3. The number of rotatable bonds is 9. The summed E-state index contributed by atoms with van der Waals surface area (Å²) in [6.45, 7) is 4.95. The predicted molar refractivity (Wildman–Crippen MR) is 84.0 cm³/mol. The average molecular weight is 293 g/mol. The molecule has 2 rings (SSSR count). The number of nitrogens with zero attached hydrogens (tertiary/aromatic N) is 1. The minimum absolute atomic E-state index is 0.555. The largest absolute Gasteiger partial charge is 0.497 e.